The fourth-order valence-corrected chi connectivity index (χ4v) is 27.9. The van der Waals surface area contributed by atoms with Crippen LogP contribution in [0.4, 0.5) is 0 Å². The summed E-state index contributed by atoms with van der Waals surface area (Å²) in [6.07, 6.45) is 0. The maximum atomic E-state index is 5.17. The van der Waals surface area contributed by atoms with Gasteiger partial charge in [0.2, 0.25) is 0 Å². The van der Waals surface area contributed by atoms with Crippen LogP contribution in [-0.4, -0.2) is 47.4 Å². The van der Waals surface area contributed by atoms with E-state index in [1.165, 1.54) is 172 Å². The molecular weight excluding hydrogens is 1680 g/mol. The van der Waals surface area contributed by atoms with E-state index >= 15 is 0 Å². The Labute approximate surface area is 754 Å². The summed E-state index contributed by atoms with van der Waals surface area (Å²) in [4.78, 5) is 14.2. The number of pyridine rings is 1. The van der Waals surface area contributed by atoms with Crippen LogP contribution < -0.4 is 0 Å². The van der Waals surface area contributed by atoms with E-state index in [4.69, 9.17) is 20.2 Å². The molecule has 13 aromatic heterocycles. The summed E-state index contributed by atoms with van der Waals surface area (Å²) in [5.74, 6) is 2.61. The standard InChI is InChI=1S/C41H23N3S2.C36H22N4S2.C35H21N3S2/c1-2-10-26(11-3-1)43-34-21-19-24(22-31(34)37-39-38(46-41(37)43)30-15-7-9-17-36(30)45-39)25-18-20-32-35(23-25)44-33-16-8-6-13-28(33)27-12-4-5-14-29(27)40(44)42-32;1-4-12-23(13-5-1)34-37-38-35(40(34)26-16-8-3-9-17-26)24-20-21-29-28(22-24)31-33-32(27-18-10-11-19-30(27)41-33)42-36(31)39(29)25-14-6-2-7-15-25;1-3-11-23(12-4-1)37-29-17-9-8-16-27(29)36-34(37)22-19-20-28-26(21-22)31-33-32(25-15-7-10-18-30(25)39-33)40-35(31)38(28)24-13-5-2-6-14-24/h1-23H;1-22H;1-21H. The molecule has 16 aromatic carbocycles. The minimum atomic E-state index is 0.824. The fraction of sp³-hybridized carbons (Fsp3) is 0. The number of aromatic nitrogens is 10. The molecule has 600 valence electrons. The molecule has 0 aliphatic carbocycles. The van der Waals surface area contributed by atoms with E-state index in [0.29, 0.717) is 0 Å². The van der Waals surface area contributed by atoms with Crippen molar-refractivity contribution >= 4 is 239 Å². The third-order valence-corrected chi connectivity index (χ3v) is 32.7. The first kappa shape index (κ1) is 73.1. The Bertz CT molecular complexity index is 9530. The zero-order chi connectivity index (χ0) is 83.8. The summed E-state index contributed by atoms with van der Waals surface area (Å²) in [7, 11) is 0. The summed E-state index contributed by atoms with van der Waals surface area (Å²) in [6, 6.07) is 143. The zero-order valence-electron chi connectivity index (χ0n) is 68.0. The van der Waals surface area contributed by atoms with Crippen molar-refractivity contribution in [3.63, 3.8) is 0 Å². The number of benzene rings is 16. The van der Waals surface area contributed by atoms with Crippen molar-refractivity contribution in [1.29, 1.82) is 0 Å². The van der Waals surface area contributed by atoms with E-state index in [2.05, 4.69) is 403 Å². The van der Waals surface area contributed by atoms with Gasteiger partial charge in [0.1, 0.15) is 26.0 Å². The molecule has 128 heavy (non-hydrogen) atoms. The molecule has 0 unspecified atom stereocenters. The highest BCUT2D eigenvalue weighted by Crippen LogP contribution is 2.54. The molecule has 16 heteroatoms. The largest absolute Gasteiger partial charge is 0.301 e. The van der Waals surface area contributed by atoms with Gasteiger partial charge in [-0.05, 0) is 174 Å². The van der Waals surface area contributed by atoms with Gasteiger partial charge in [0.25, 0.3) is 0 Å². The lowest BCUT2D eigenvalue weighted by molar-refractivity contribution is 1.07. The van der Waals surface area contributed by atoms with Crippen molar-refractivity contribution in [2.75, 3.05) is 0 Å². The van der Waals surface area contributed by atoms with E-state index < -0.39 is 0 Å². The minimum Gasteiger partial charge on any atom is -0.301 e. The summed E-state index contributed by atoms with van der Waals surface area (Å²) in [5, 5.41) is 25.0. The molecule has 0 radical (unpaired) electrons. The SMILES string of the molecule is c1ccc(-c2nnc(-c3ccc4c(c3)c3c5sc6ccccc6c5sc3n4-c3ccccc3)n2-c2ccccc2)cc1.c1ccc(-n2c(-c3ccc4c(c3)c3c5sc6ccccc6c5sc3n4-c3ccccc3)nc3ccccc32)cc1.c1ccc(-n2c3ccc(-c4ccc5nc6c7ccccc7c7ccccc7n6c5c4)cc3c3c4sc5ccccc5c4sc32)cc1. The van der Waals surface area contributed by atoms with Crippen molar-refractivity contribution in [2.24, 2.45) is 0 Å². The molecule has 0 atom stereocenters. The van der Waals surface area contributed by atoms with Gasteiger partial charge >= 0.3 is 0 Å². The first-order chi connectivity index (χ1) is 63.5. The number of para-hydroxylation sites is 8. The van der Waals surface area contributed by atoms with Crippen LogP contribution in [0.15, 0.2) is 400 Å². The highest BCUT2D eigenvalue weighted by atomic mass is 32.1. The van der Waals surface area contributed by atoms with Crippen LogP contribution in [0.5, 0.6) is 0 Å². The molecule has 0 saturated carbocycles. The van der Waals surface area contributed by atoms with Gasteiger partial charge in [0.15, 0.2) is 11.6 Å². The van der Waals surface area contributed by atoms with Gasteiger partial charge in [-0.3, -0.25) is 13.5 Å². The molecule has 0 amide bonds. The van der Waals surface area contributed by atoms with Gasteiger partial charge in [-0.1, -0.05) is 243 Å². The summed E-state index contributed by atoms with van der Waals surface area (Å²) in [6.45, 7) is 0. The highest BCUT2D eigenvalue weighted by Gasteiger charge is 2.28. The van der Waals surface area contributed by atoms with E-state index in [1.807, 2.05) is 92.3 Å². The molecule has 29 aromatic rings. The van der Waals surface area contributed by atoms with Crippen molar-refractivity contribution in [3.8, 4) is 73.7 Å². The molecular formula is C112H66N10S6. The van der Waals surface area contributed by atoms with Crippen LogP contribution in [0.1, 0.15) is 0 Å². The first-order valence-corrected chi connectivity index (χ1v) is 47.5. The Morgan fingerprint density at radius 2 is 0.531 bits per heavy atom. The number of nitrogens with zero attached hydrogens (tertiary/aromatic N) is 10. The Morgan fingerprint density at radius 3 is 1.02 bits per heavy atom. The van der Waals surface area contributed by atoms with Crippen LogP contribution in [0.2, 0.25) is 0 Å². The monoisotopic (exact) mass is 1740 g/mol. The molecule has 0 aliphatic rings. The van der Waals surface area contributed by atoms with E-state index in [-0.39, 0.29) is 0 Å². The number of imidazole rings is 2. The molecule has 0 saturated heterocycles. The average Bonchev–Trinajstić information content (AvgIpc) is 1.55. The van der Waals surface area contributed by atoms with Gasteiger partial charge < -0.3 is 13.7 Å². The summed E-state index contributed by atoms with van der Waals surface area (Å²) in [5.41, 5.74) is 21.4. The Morgan fingerprint density at radius 1 is 0.188 bits per heavy atom. The molecule has 0 spiro atoms. The quantitative estimate of drug-likeness (QED) is 0.135. The number of hydrogen-bond donors (Lipinski definition) is 0. The number of hydrogen-bond acceptors (Lipinski definition) is 10. The maximum absolute atomic E-state index is 5.17. The Balaban J connectivity index is 0.0000000995. The third kappa shape index (κ3) is 11.3. The van der Waals surface area contributed by atoms with Crippen molar-refractivity contribution in [2.45, 2.75) is 0 Å². The van der Waals surface area contributed by atoms with Crippen molar-refractivity contribution in [1.82, 2.24) is 47.4 Å². The highest BCUT2D eigenvalue weighted by molar-refractivity contribution is 7.38. The molecule has 0 aliphatic heterocycles. The topological polar surface area (TPSA) is 80.6 Å². The predicted octanol–water partition coefficient (Wildman–Crippen LogP) is 32.3. The predicted molar refractivity (Wildman–Crippen MR) is 547 cm³/mol. The Hall–Kier alpha value is -15.2. The fourth-order valence-electron chi connectivity index (χ4n) is 19.5. The van der Waals surface area contributed by atoms with Crippen LogP contribution >= 0.6 is 68.0 Å². The first-order valence-electron chi connectivity index (χ1n) is 42.6. The van der Waals surface area contributed by atoms with Gasteiger partial charge in [0, 0.05) is 118 Å². The van der Waals surface area contributed by atoms with E-state index in [9.17, 15) is 0 Å². The second kappa shape index (κ2) is 29.2. The van der Waals surface area contributed by atoms with Gasteiger partial charge in [-0.25, -0.2) is 9.97 Å². The average molecular weight is 1740 g/mol. The lowest BCUT2D eigenvalue weighted by atomic mass is 10.0. The number of fused-ring (bicyclic) bond motifs is 30. The van der Waals surface area contributed by atoms with Gasteiger partial charge in [-0.15, -0.1) is 78.2 Å². The van der Waals surface area contributed by atoms with Gasteiger partial charge in [0.05, 0.1) is 72.3 Å². The van der Waals surface area contributed by atoms with Crippen LogP contribution in [0.3, 0.4) is 0 Å². The normalized spacial score (nSPS) is 12.1. The lowest BCUT2D eigenvalue weighted by Gasteiger charge is -2.11. The number of thiophene rings is 6. The molecule has 29 rings (SSSR count). The number of rotatable bonds is 9. The van der Waals surface area contributed by atoms with Crippen molar-refractivity contribution in [3.05, 3.63) is 400 Å². The van der Waals surface area contributed by atoms with E-state index in [1.54, 1.807) is 0 Å². The van der Waals surface area contributed by atoms with Crippen LogP contribution in [0.25, 0.3) is 245 Å². The summed E-state index contributed by atoms with van der Waals surface area (Å²) < 4.78 is 26.3. The molecule has 13 heterocycles. The third-order valence-electron chi connectivity index (χ3n) is 25.1. The minimum absolute atomic E-state index is 0.824. The Kier molecular flexibility index (Phi) is 16.7. The molecule has 0 N–H and O–H groups in total. The lowest BCUT2D eigenvalue weighted by Crippen LogP contribution is -2.00. The molecule has 10 nitrogen and oxygen atoms in total. The molecule has 0 fully saturated rings. The van der Waals surface area contributed by atoms with Gasteiger partial charge in [-0.2, -0.15) is 0 Å². The summed E-state index contributed by atoms with van der Waals surface area (Å²) >= 11 is 11.4. The van der Waals surface area contributed by atoms with Crippen LogP contribution in [-0.2, 0) is 0 Å². The zero-order valence-corrected chi connectivity index (χ0v) is 72.9. The second-order valence-corrected chi connectivity index (χ2v) is 38.5. The van der Waals surface area contributed by atoms with E-state index in [0.717, 1.165) is 73.3 Å². The molecule has 0 bridgehead atoms. The van der Waals surface area contributed by atoms with Crippen molar-refractivity contribution < 1.29 is 0 Å². The smallest absolute Gasteiger partial charge is 0.168 e. The second-order valence-electron chi connectivity index (χ2n) is 32.3. The maximum Gasteiger partial charge on any atom is 0.168 e. The van der Waals surface area contributed by atoms with Crippen LogP contribution in [0, 0.1) is 0 Å².